The van der Waals surface area contributed by atoms with E-state index in [1.807, 2.05) is 0 Å². The van der Waals surface area contributed by atoms with E-state index in [-0.39, 0.29) is 5.69 Å². The predicted molar refractivity (Wildman–Crippen MR) is 80.2 cm³/mol. The van der Waals surface area contributed by atoms with Crippen LogP contribution in [0.1, 0.15) is 11.7 Å². The number of benzene rings is 2. The molecule has 0 fully saturated rings. The number of nitrogens with zero attached hydrogens (tertiary/aromatic N) is 1. The summed E-state index contributed by atoms with van der Waals surface area (Å²) in [5.74, 6) is -0.798. The Bertz CT molecular complexity index is 870. The number of rotatable bonds is 6. The smallest absolute Gasteiger partial charge is 0.399 e. The van der Waals surface area contributed by atoms with Gasteiger partial charge < -0.3 is 5.73 Å². The van der Waals surface area contributed by atoms with E-state index in [0.29, 0.717) is 0 Å². The third kappa shape index (κ3) is 4.06. The number of nitrogens with two attached hydrogens (primary N) is 1. The van der Waals surface area contributed by atoms with Gasteiger partial charge in [-0.2, -0.15) is 8.42 Å². The van der Waals surface area contributed by atoms with Gasteiger partial charge in [-0.1, -0.05) is 12.1 Å². The van der Waals surface area contributed by atoms with Gasteiger partial charge in [0.25, 0.3) is 10.1 Å². The molecule has 11 heteroatoms. The third-order valence-electron chi connectivity index (χ3n) is 3.12. The first-order chi connectivity index (χ1) is 11.5. The van der Waals surface area contributed by atoms with Crippen molar-refractivity contribution < 1.29 is 30.7 Å². The van der Waals surface area contributed by atoms with Crippen molar-refractivity contribution in [1.82, 2.24) is 0 Å². The normalized spacial score (nSPS) is 13.4. The molecule has 7 nitrogen and oxygen atoms in total. The molecule has 0 bridgehead atoms. The Balaban J connectivity index is 2.47. The van der Waals surface area contributed by atoms with Gasteiger partial charge in [0.1, 0.15) is 5.82 Å². The second-order valence-corrected chi connectivity index (χ2v) is 6.47. The maximum Gasteiger partial charge on any atom is 0.543 e. The fourth-order valence-corrected chi connectivity index (χ4v) is 2.92. The van der Waals surface area contributed by atoms with Crippen molar-refractivity contribution in [2.24, 2.45) is 0 Å². The zero-order chi connectivity index (χ0) is 18.8. The van der Waals surface area contributed by atoms with Crippen LogP contribution >= 0.6 is 0 Å². The maximum atomic E-state index is 13.9. The summed E-state index contributed by atoms with van der Waals surface area (Å²) in [6.45, 7) is 0. The van der Waals surface area contributed by atoms with Crippen LogP contribution in [0.5, 0.6) is 0 Å². The largest absolute Gasteiger partial charge is 0.543 e. The van der Waals surface area contributed by atoms with Crippen molar-refractivity contribution >= 4 is 15.8 Å². The molecule has 1 atom stereocenters. The Morgan fingerprint density at radius 2 is 1.60 bits per heavy atom. The van der Waals surface area contributed by atoms with E-state index in [1.165, 1.54) is 12.1 Å². The van der Waals surface area contributed by atoms with E-state index in [9.17, 15) is 31.7 Å². The highest BCUT2D eigenvalue weighted by Crippen LogP contribution is 2.37. The first-order valence-electron chi connectivity index (χ1n) is 6.60. The number of nitro groups is 1. The molecule has 2 rings (SSSR count). The van der Waals surface area contributed by atoms with E-state index >= 15 is 0 Å². The third-order valence-corrected chi connectivity index (χ3v) is 4.42. The molecular weight excluding hydrogens is 365 g/mol. The van der Waals surface area contributed by atoms with E-state index in [4.69, 9.17) is 5.73 Å². The molecule has 2 aromatic carbocycles. The van der Waals surface area contributed by atoms with Crippen LogP contribution in [0.4, 0.5) is 18.9 Å². The van der Waals surface area contributed by atoms with Crippen LogP contribution in [0.2, 0.25) is 0 Å². The van der Waals surface area contributed by atoms with Crippen LogP contribution in [0.25, 0.3) is 0 Å². The lowest BCUT2D eigenvalue weighted by Crippen LogP contribution is -2.37. The molecule has 0 aliphatic heterocycles. The number of hydrogen-bond donors (Lipinski definition) is 1. The molecule has 2 aromatic rings. The van der Waals surface area contributed by atoms with Crippen LogP contribution in [0, 0.1) is 15.9 Å². The molecular formula is C14H11F3N2O5S. The van der Waals surface area contributed by atoms with Crippen LogP contribution in [0.3, 0.4) is 0 Å². The first-order valence-corrected chi connectivity index (χ1v) is 8.01. The molecule has 0 saturated heterocycles. The number of nitrogen functional groups attached to an aromatic ring is 1. The van der Waals surface area contributed by atoms with Gasteiger partial charge in [0.2, 0.25) is 6.10 Å². The summed E-state index contributed by atoms with van der Waals surface area (Å²) in [5, 5.41) is 10.7. The molecule has 0 heterocycles. The molecule has 0 aliphatic rings. The summed E-state index contributed by atoms with van der Waals surface area (Å²) in [7, 11) is -4.78. The maximum absolute atomic E-state index is 13.9. The Morgan fingerprint density at radius 1 is 1.08 bits per heavy atom. The van der Waals surface area contributed by atoms with Gasteiger partial charge in [-0.25, -0.2) is 8.57 Å². The van der Waals surface area contributed by atoms with Gasteiger partial charge in [-0.3, -0.25) is 10.1 Å². The molecule has 0 amide bonds. The molecule has 0 aliphatic carbocycles. The predicted octanol–water partition coefficient (Wildman–Crippen LogP) is 2.72. The SMILES string of the molecule is Nc1ccc(S(=O)(=O)OC(c2ccc(F)cc2)C(F)(F)[N+](=O)[O-])cc1. The Morgan fingerprint density at radius 3 is 2.08 bits per heavy atom. The van der Waals surface area contributed by atoms with Gasteiger partial charge in [0, 0.05) is 5.69 Å². The molecule has 0 aromatic heterocycles. The quantitative estimate of drug-likeness (QED) is 0.273. The van der Waals surface area contributed by atoms with E-state index in [0.717, 1.165) is 36.4 Å². The minimum atomic E-state index is -4.78. The summed E-state index contributed by atoms with van der Waals surface area (Å²) in [6, 6.07) is 2.64. The van der Waals surface area contributed by atoms with Gasteiger partial charge in [-0.05, 0) is 42.0 Å². The minimum Gasteiger partial charge on any atom is -0.399 e. The zero-order valence-electron chi connectivity index (χ0n) is 12.3. The second kappa shape index (κ2) is 6.69. The van der Waals surface area contributed by atoms with Gasteiger partial charge >= 0.3 is 6.05 Å². The minimum absolute atomic E-state index is 0.213. The number of halogens is 3. The van der Waals surface area contributed by atoms with Crippen LogP contribution in [0.15, 0.2) is 53.4 Å². The Labute approximate surface area is 140 Å². The fourth-order valence-electron chi connectivity index (χ4n) is 1.86. The van der Waals surface area contributed by atoms with Crippen LogP contribution < -0.4 is 5.73 Å². The summed E-state index contributed by atoms with van der Waals surface area (Å²) in [4.78, 5) is 8.17. The van der Waals surface area contributed by atoms with Gasteiger partial charge in [0.15, 0.2) is 0 Å². The average molecular weight is 376 g/mol. The summed E-state index contributed by atoms with van der Waals surface area (Å²) < 4.78 is 69.5. The Kier molecular flexibility index (Phi) is 4.99. The highest BCUT2D eigenvalue weighted by Gasteiger charge is 2.57. The molecule has 1 unspecified atom stereocenters. The lowest BCUT2D eigenvalue weighted by molar-refractivity contribution is -0.657. The van der Waals surface area contributed by atoms with Gasteiger partial charge in [-0.15, -0.1) is 8.78 Å². The Hall–Kier alpha value is -2.66. The number of anilines is 1. The highest BCUT2D eigenvalue weighted by atomic mass is 32.2. The molecule has 0 spiro atoms. The first kappa shape index (κ1) is 18.7. The van der Waals surface area contributed by atoms with E-state index in [2.05, 4.69) is 4.18 Å². The monoisotopic (exact) mass is 376 g/mol. The highest BCUT2D eigenvalue weighted by molar-refractivity contribution is 7.86. The summed E-state index contributed by atoms with van der Waals surface area (Å²) in [5.41, 5.74) is 5.04. The number of hydrogen-bond acceptors (Lipinski definition) is 6. The fraction of sp³-hybridized carbons (Fsp3) is 0.143. The van der Waals surface area contributed by atoms with Crippen molar-refractivity contribution in [3.8, 4) is 0 Å². The molecule has 25 heavy (non-hydrogen) atoms. The molecule has 2 N–H and O–H groups in total. The van der Waals surface area contributed by atoms with Crippen molar-refractivity contribution in [2.45, 2.75) is 17.0 Å². The topological polar surface area (TPSA) is 113 Å². The molecule has 0 radical (unpaired) electrons. The van der Waals surface area contributed by atoms with E-state index < -0.39 is 43.5 Å². The summed E-state index contributed by atoms with van der Waals surface area (Å²) in [6.07, 6.45) is -2.79. The van der Waals surface area contributed by atoms with Crippen LogP contribution in [-0.2, 0) is 14.3 Å². The lowest BCUT2D eigenvalue weighted by atomic mass is 10.1. The average Bonchev–Trinajstić information content (AvgIpc) is 2.54. The summed E-state index contributed by atoms with van der Waals surface area (Å²) >= 11 is 0. The standard InChI is InChI=1S/C14H11F3N2O5S/c15-10-3-1-9(2-4-10)13(14(16,17)19(20)21)24-25(22,23)12-7-5-11(18)6-8-12/h1-8,13H,18H2. The molecule has 0 saturated carbocycles. The van der Waals surface area contributed by atoms with Crippen molar-refractivity contribution in [3.05, 3.63) is 70.0 Å². The van der Waals surface area contributed by atoms with Crippen molar-refractivity contribution in [1.29, 1.82) is 0 Å². The lowest BCUT2D eigenvalue weighted by Gasteiger charge is -2.20. The van der Waals surface area contributed by atoms with Crippen LogP contribution in [-0.4, -0.2) is 19.4 Å². The van der Waals surface area contributed by atoms with E-state index in [1.54, 1.807) is 0 Å². The second-order valence-electron chi connectivity index (χ2n) is 4.90. The van der Waals surface area contributed by atoms with Crippen molar-refractivity contribution in [2.75, 3.05) is 5.73 Å². The molecule has 134 valence electrons. The van der Waals surface area contributed by atoms with Crippen molar-refractivity contribution in [3.63, 3.8) is 0 Å². The number of alkyl halides is 2. The van der Waals surface area contributed by atoms with Gasteiger partial charge in [0.05, 0.1) is 9.82 Å². The zero-order valence-corrected chi connectivity index (χ0v) is 13.1.